The van der Waals surface area contributed by atoms with Crippen molar-refractivity contribution < 1.29 is 19.9 Å². The molecule has 0 radical (unpaired) electrons. The Hall–Kier alpha value is -3.56. The van der Waals surface area contributed by atoms with Crippen LogP contribution in [-0.2, 0) is 6.54 Å². The van der Waals surface area contributed by atoms with Crippen molar-refractivity contribution in [3.8, 4) is 5.75 Å². The van der Waals surface area contributed by atoms with Gasteiger partial charge in [-0.25, -0.2) is 0 Å². The van der Waals surface area contributed by atoms with E-state index in [9.17, 15) is 30.3 Å². The molecule has 1 N–H and O–H groups in total. The summed E-state index contributed by atoms with van der Waals surface area (Å²) in [6.45, 7) is 1.14. The molecule has 0 atom stereocenters. The lowest BCUT2D eigenvalue weighted by atomic mass is 10.2. The van der Waals surface area contributed by atoms with Gasteiger partial charge in [-0.3, -0.25) is 30.3 Å². The quantitative estimate of drug-likeness (QED) is 0.666. The van der Waals surface area contributed by atoms with E-state index in [0.29, 0.717) is 11.1 Å². The van der Waals surface area contributed by atoms with E-state index in [1.165, 1.54) is 31.2 Å². The number of benzene rings is 2. The van der Waals surface area contributed by atoms with Crippen LogP contribution in [0.3, 0.4) is 0 Å². The van der Waals surface area contributed by atoms with Crippen molar-refractivity contribution in [3.05, 3.63) is 83.9 Å². The number of para-hydroxylation sites is 2. The average molecular weight is 335 g/mol. The number of aryl methyl sites for hydroxylation is 1. The Bertz CT molecular complexity index is 777. The molecule has 0 unspecified atom stereocenters. The second kappa shape index (κ2) is 8.17. The lowest BCUT2D eigenvalue weighted by Gasteiger charge is -1.96. The van der Waals surface area contributed by atoms with Crippen molar-refractivity contribution in [1.29, 1.82) is 0 Å². The second-order valence-corrected chi connectivity index (χ2v) is 4.58. The molecule has 0 aliphatic heterocycles. The normalized spacial score (nSPS) is 9.54. The van der Waals surface area contributed by atoms with Gasteiger partial charge in [0.25, 0.3) is 0 Å². The van der Waals surface area contributed by atoms with Gasteiger partial charge in [0.1, 0.15) is 5.75 Å². The van der Waals surface area contributed by atoms with Crippen LogP contribution in [0.1, 0.15) is 11.1 Å². The highest BCUT2D eigenvalue weighted by atomic mass is 16.6. The molecule has 2 rings (SSSR count). The van der Waals surface area contributed by atoms with Gasteiger partial charge < -0.3 is 5.11 Å². The Balaban J connectivity index is 0.000000243. The number of nitrogens with zero attached hydrogens (tertiary/aromatic N) is 3. The zero-order chi connectivity index (χ0) is 18.3. The van der Waals surface area contributed by atoms with Crippen LogP contribution in [0, 0.1) is 37.3 Å². The maximum absolute atomic E-state index is 10.4. The van der Waals surface area contributed by atoms with Crippen molar-refractivity contribution >= 4 is 11.4 Å². The number of hydrogen-bond acceptors (Lipinski definition) is 7. The largest absolute Gasteiger partial charge is 0.507 e. The second-order valence-electron chi connectivity index (χ2n) is 4.58. The molecule has 2 aromatic carbocycles. The van der Waals surface area contributed by atoms with Crippen LogP contribution in [0.2, 0.25) is 0 Å². The number of nitro groups is 3. The van der Waals surface area contributed by atoms with Crippen LogP contribution in [0.4, 0.5) is 11.4 Å². The predicted molar refractivity (Wildman–Crippen MR) is 83.3 cm³/mol. The minimum Gasteiger partial charge on any atom is -0.507 e. The fourth-order valence-corrected chi connectivity index (χ4v) is 1.81. The van der Waals surface area contributed by atoms with Crippen molar-refractivity contribution in [3.63, 3.8) is 0 Å². The van der Waals surface area contributed by atoms with Crippen LogP contribution >= 0.6 is 0 Å². The van der Waals surface area contributed by atoms with Gasteiger partial charge in [0.2, 0.25) is 6.54 Å². The summed E-state index contributed by atoms with van der Waals surface area (Å²) in [4.78, 5) is 28.9. The molecular formula is C14H13N3O7. The van der Waals surface area contributed by atoms with E-state index in [4.69, 9.17) is 5.11 Å². The smallest absolute Gasteiger partial charge is 0.348 e. The Morgan fingerprint density at radius 3 is 2.00 bits per heavy atom. The molecule has 0 aliphatic rings. The van der Waals surface area contributed by atoms with Crippen LogP contribution in [0.5, 0.6) is 5.75 Å². The molecule has 0 fully saturated rings. The van der Waals surface area contributed by atoms with E-state index >= 15 is 0 Å². The van der Waals surface area contributed by atoms with Gasteiger partial charge in [-0.1, -0.05) is 24.3 Å². The Morgan fingerprint density at radius 1 is 0.917 bits per heavy atom. The van der Waals surface area contributed by atoms with Crippen molar-refractivity contribution in [2.75, 3.05) is 0 Å². The molecule has 24 heavy (non-hydrogen) atoms. The molecule has 126 valence electrons. The predicted octanol–water partition coefficient (Wildman–Crippen LogP) is 2.98. The summed E-state index contributed by atoms with van der Waals surface area (Å²) in [5.74, 6) is -0.0239. The molecule has 0 bridgehead atoms. The van der Waals surface area contributed by atoms with Gasteiger partial charge in [0.15, 0.2) is 0 Å². The molecule has 0 saturated carbocycles. The molecule has 10 nitrogen and oxygen atoms in total. The number of aromatic hydroxyl groups is 1. The van der Waals surface area contributed by atoms with E-state index in [1.807, 2.05) is 0 Å². The van der Waals surface area contributed by atoms with Crippen LogP contribution < -0.4 is 0 Å². The van der Waals surface area contributed by atoms with Crippen LogP contribution in [0.25, 0.3) is 0 Å². The first kappa shape index (κ1) is 18.5. The number of phenols is 1. The summed E-state index contributed by atoms with van der Waals surface area (Å²) >= 11 is 0. The number of nitro benzene ring substituents is 2. The minimum absolute atomic E-state index is 0.0239. The van der Waals surface area contributed by atoms with Gasteiger partial charge in [-0.2, -0.15) is 0 Å². The zero-order valence-electron chi connectivity index (χ0n) is 12.5. The van der Waals surface area contributed by atoms with Crippen LogP contribution in [0.15, 0.2) is 42.5 Å². The topological polar surface area (TPSA) is 150 Å². The van der Waals surface area contributed by atoms with Crippen molar-refractivity contribution in [1.82, 2.24) is 0 Å². The maximum atomic E-state index is 10.4. The molecule has 0 aliphatic carbocycles. The molecule has 10 heteroatoms. The van der Waals surface area contributed by atoms with E-state index in [0.717, 1.165) is 6.07 Å². The highest BCUT2D eigenvalue weighted by molar-refractivity contribution is 5.56. The molecule has 0 saturated heterocycles. The van der Waals surface area contributed by atoms with Gasteiger partial charge in [0.05, 0.1) is 15.4 Å². The lowest BCUT2D eigenvalue weighted by Crippen LogP contribution is -1.98. The first-order valence-electron chi connectivity index (χ1n) is 6.51. The number of hydrogen-bond donors (Lipinski definition) is 1. The highest BCUT2D eigenvalue weighted by Gasteiger charge is 2.25. The summed E-state index contributed by atoms with van der Waals surface area (Å²) in [5, 5.41) is 39.9. The monoisotopic (exact) mass is 335 g/mol. The molecule has 0 spiro atoms. The van der Waals surface area contributed by atoms with Gasteiger partial charge in [-0.15, -0.1) is 0 Å². The Kier molecular flexibility index (Phi) is 6.30. The standard InChI is InChI=1S/C7H6N2O4.C7H7NO3/c1-5-3-2-4-6(8(10)11)7(5)9(12)13;9-7-4-2-1-3-6(7)5-8(10)11/h2-4H,1H3;1-4,9H,5H2. The summed E-state index contributed by atoms with van der Waals surface area (Å²) in [6, 6.07) is 10.2. The van der Waals surface area contributed by atoms with E-state index in [2.05, 4.69) is 0 Å². The molecule has 0 heterocycles. The summed E-state index contributed by atoms with van der Waals surface area (Å²) in [7, 11) is 0. The summed E-state index contributed by atoms with van der Waals surface area (Å²) in [6.07, 6.45) is 0. The molecule has 0 aromatic heterocycles. The number of rotatable bonds is 4. The Morgan fingerprint density at radius 2 is 1.54 bits per heavy atom. The lowest BCUT2D eigenvalue weighted by molar-refractivity contribution is -0.496. The van der Waals surface area contributed by atoms with Gasteiger partial charge in [-0.05, 0) is 19.1 Å². The molecule has 2 aromatic rings. The van der Waals surface area contributed by atoms with E-state index in [-0.39, 0.29) is 12.3 Å². The SMILES string of the molecule is Cc1cccc([N+](=O)[O-])c1[N+](=O)[O-].O=[N+]([O-])Cc1ccccc1O. The van der Waals surface area contributed by atoms with Crippen molar-refractivity contribution in [2.45, 2.75) is 13.5 Å². The average Bonchev–Trinajstić information content (AvgIpc) is 2.49. The number of phenolic OH excluding ortho intramolecular Hbond substituents is 1. The first-order valence-corrected chi connectivity index (χ1v) is 6.51. The Labute approximate surface area is 135 Å². The molecule has 0 amide bonds. The third-order valence-corrected chi connectivity index (χ3v) is 2.89. The fraction of sp³-hybridized carbons (Fsp3) is 0.143. The third kappa shape index (κ3) is 5.02. The fourth-order valence-electron chi connectivity index (χ4n) is 1.81. The summed E-state index contributed by atoms with van der Waals surface area (Å²) in [5.41, 5.74) is -0.269. The van der Waals surface area contributed by atoms with E-state index < -0.39 is 26.1 Å². The van der Waals surface area contributed by atoms with Gasteiger partial charge in [0, 0.05) is 16.6 Å². The van der Waals surface area contributed by atoms with E-state index in [1.54, 1.807) is 12.1 Å². The van der Waals surface area contributed by atoms with Crippen molar-refractivity contribution in [2.24, 2.45) is 0 Å². The third-order valence-electron chi connectivity index (χ3n) is 2.89. The maximum Gasteiger partial charge on any atom is 0.348 e. The summed E-state index contributed by atoms with van der Waals surface area (Å²) < 4.78 is 0. The first-order chi connectivity index (χ1) is 11.2. The minimum atomic E-state index is -0.759. The zero-order valence-corrected chi connectivity index (χ0v) is 12.5. The van der Waals surface area contributed by atoms with Gasteiger partial charge >= 0.3 is 11.4 Å². The van der Waals surface area contributed by atoms with Crippen LogP contribution in [-0.4, -0.2) is 19.9 Å². The highest BCUT2D eigenvalue weighted by Crippen LogP contribution is 2.29. The molecular weight excluding hydrogens is 322 g/mol.